The van der Waals surface area contributed by atoms with E-state index in [-0.39, 0.29) is 24.1 Å². The predicted octanol–water partition coefficient (Wildman–Crippen LogP) is 1.75. The smallest absolute Gasteiger partial charge is 0.308 e. The lowest BCUT2D eigenvalue weighted by Gasteiger charge is -2.17. The van der Waals surface area contributed by atoms with Gasteiger partial charge in [-0.15, -0.1) is 0 Å². The molecule has 1 aromatic carbocycles. The fourth-order valence-electron chi connectivity index (χ4n) is 2.69. The molecule has 1 fully saturated rings. The Labute approximate surface area is 122 Å². The molecule has 0 aromatic heterocycles. The van der Waals surface area contributed by atoms with Crippen molar-refractivity contribution >= 4 is 11.9 Å². The molecular formula is C15H18FNO4. The van der Waals surface area contributed by atoms with Crippen LogP contribution in [0.15, 0.2) is 18.2 Å². The molecule has 2 rings (SSSR count). The molecule has 1 saturated carbocycles. The van der Waals surface area contributed by atoms with Gasteiger partial charge >= 0.3 is 5.97 Å². The molecule has 0 saturated heterocycles. The first-order chi connectivity index (χ1) is 10.0. The van der Waals surface area contributed by atoms with Gasteiger partial charge in [0.2, 0.25) is 5.91 Å². The Bertz CT molecular complexity index is 546. The molecule has 0 spiro atoms. The molecular weight excluding hydrogens is 277 g/mol. The topological polar surface area (TPSA) is 75.6 Å². The second-order valence-corrected chi connectivity index (χ2v) is 5.20. The number of hydrogen-bond donors (Lipinski definition) is 2. The minimum Gasteiger partial charge on any atom is -0.494 e. The van der Waals surface area contributed by atoms with Crippen molar-refractivity contribution in [2.24, 2.45) is 5.92 Å². The zero-order valence-electron chi connectivity index (χ0n) is 11.8. The SMILES string of the molecule is COc1ccc(CC(=O)NC2CCCC2C(=O)O)cc1F. The molecule has 1 aliphatic rings. The summed E-state index contributed by atoms with van der Waals surface area (Å²) >= 11 is 0. The van der Waals surface area contributed by atoms with E-state index < -0.39 is 17.7 Å². The van der Waals surface area contributed by atoms with E-state index in [0.29, 0.717) is 18.4 Å². The van der Waals surface area contributed by atoms with Gasteiger partial charge in [0.25, 0.3) is 0 Å². The second-order valence-electron chi connectivity index (χ2n) is 5.20. The van der Waals surface area contributed by atoms with Gasteiger partial charge in [-0.2, -0.15) is 0 Å². The number of methoxy groups -OCH3 is 1. The Balaban J connectivity index is 1.95. The highest BCUT2D eigenvalue weighted by atomic mass is 19.1. The molecule has 1 amide bonds. The van der Waals surface area contributed by atoms with E-state index in [0.717, 1.165) is 6.42 Å². The van der Waals surface area contributed by atoms with Crippen molar-refractivity contribution in [3.8, 4) is 5.75 Å². The van der Waals surface area contributed by atoms with Crippen molar-refractivity contribution in [2.45, 2.75) is 31.7 Å². The van der Waals surface area contributed by atoms with E-state index >= 15 is 0 Å². The van der Waals surface area contributed by atoms with E-state index in [1.54, 1.807) is 6.07 Å². The highest BCUT2D eigenvalue weighted by molar-refractivity contribution is 5.80. The summed E-state index contributed by atoms with van der Waals surface area (Å²) in [6.07, 6.45) is 2.06. The van der Waals surface area contributed by atoms with Crippen LogP contribution in [0.1, 0.15) is 24.8 Å². The normalized spacial score (nSPS) is 21.0. The molecule has 2 atom stereocenters. The summed E-state index contributed by atoms with van der Waals surface area (Å²) in [4.78, 5) is 23.0. The summed E-state index contributed by atoms with van der Waals surface area (Å²) in [5, 5.41) is 11.8. The maximum absolute atomic E-state index is 13.5. The molecule has 0 heterocycles. The number of carboxylic acid groups (broad SMARTS) is 1. The van der Waals surface area contributed by atoms with Gasteiger partial charge < -0.3 is 15.2 Å². The van der Waals surface area contributed by atoms with Gasteiger partial charge in [-0.3, -0.25) is 9.59 Å². The zero-order valence-corrected chi connectivity index (χ0v) is 11.8. The Kier molecular flexibility index (Phi) is 4.77. The fourth-order valence-corrected chi connectivity index (χ4v) is 2.69. The minimum atomic E-state index is -0.881. The monoisotopic (exact) mass is 295 g/mol. The molecule has 1 aromatic rings. The van der Waals surface area contributed by atoms with Crippen molar-refractivity contribution in [1.29, 1.82) is 0 Å². The number of amides is 1. The van der Waals surface area contributed by atoms with Crippen LogP contribution in [0, 0.1) is 11.7 Å². The Hall–Kier alpha value is -2.11. The molecule has 0 bridgehead atoms. The number of ether oxygens (including phenoxy) is 1. The Morgan fingerprint density at radius 2 is 2.19 bits per heavy atom. The first-order valence-corrected chi connectivity index (χ1v) is 6.86. The largest absolute Gasteiger partial charge is 0.494 e. The molecule has 6 heteroatoms. The summed E-state index contributed by atoms with van der Waals surface area (Å²) in [6.45, 7) is 0. The number of carboxylic acids is 1. The summed E-state index contributed by atoms with van der Waals surface area (Å²) in [7, 11) is 1.37. The van der Waals surface area contributed by atoms with Crippen LogP contribution in [0.2, 0.25) is 0 Å². The number of hydrogen-bond acceptors (Lipinski definition) is 3. The molecule has 2 N–H and O–H groups in total. The quantitative estimate of drug-likeness (QED) is 0.867. The van der Waals surface area contributed by atoms with Crippen LogP contribution in [0.3, 0.4) is 0 Å². The second kappa shape index (κ2) is 6.56. The van der Waals surface area contributed by atoms with Crippen molar-refractivity contribution in [2.75, 3.05) is 7.11 Å². The maximum atomic E-state index is 13.5. The number of rotatable bonds is 5. The van der Waals surface area contributed by atoms with Crippen molar-refractivity contribution in [1.82, 2.24) is 5.32 Å². The van der Waals surface area contributed by atoms with Gasteiger partial charge in [-0.05, 0) is 30.5 Å². The number of carbonyl (C=O) groups excluding carboxylic acids is 1. The lowest BCUT2D eigenvalue weighted by molar-refractivity contribution is -0.142. The summed E-state index contributed by atoms with van der Waals surface area (Å²) in [5.74, 6) is -2.10. The molecule has 0 aliphatic heterocycles. The number of aliphatic carboxylic acids is 1. The van der Waals surface area contributed by atoms with Crippen LogP contribution in [0.5, 0.6) is 5.75 Å². The Morgan fingerprint density at radius 1 is 1.43 bits per heavy atom. The fraction of sp³-hybridized carbons (Fsp3) is 0.467. The van der Waals surface area contributed by atoms with E-state index in [4.69, 9.17) is 9.84 Å². The van der Waals surface area contributed by atoms with E-state index in [1.807, 2.05) is 0 Å². The van der Waals surface area contributed by atoms with E-state index in [1.165, 1.54) is 19.2 Å². The lowest BCUT2D eigenvalue weighted by Crippen LogP contribution is -2.40. The van der Waals surface area contributed by atoms with Gasteiger partial charge in [-0.1, -0.05) is 12.5 Å². The highest BCUT2D eigenvalue weighted by Gasteiger charge is 2.33. The number of halogens is 1. The van der Waals surface area contributed by atoms with Crippen LogP contribution in [0.4, 0.5) is 4.39 Å². The molecule has 0 radical (unpaired) electrons. The molecule has 114 valence electrons. The zero-order chi connectivity index (χ0) is 15.4. The minimum absolute atomic E-state index is 0.0176. The average molecular weight is 295 g/mol. The summed E-state index contributed by atoms with van der Waals surface area (Å²) < 4.78 is 18.4. The first-order valence-electron chi connectivity index (χ1n) is 6.86. The van der Waals surface area contributed by atoms with Crippen molar-refractivity contribution in [3.05, 3.63) is 29.6 Å². The third kappa shape index (κ3) is 3.71. The number of nitrogens with one attached hydrogen (secondary N) is 1. The van der Waals surface area contributed by atoms with Crippen LogP contribution >= 0.6 is 0 Å². The van der Waals surface area contributed by atoms with Crippen LogP contribution in [0.25, 0.3) is 0 Å². The average Bonchev–Trinajstić information content (AvgIpc) is 2.87. The van der Waals surface area contributed by atoms with E-state index in [2.05, 4.69) is 5.32 Å². The van der Waals surface area contributed by atoms with Gasteiger partial charge in [-0.25, -0.2) is 4.39 Å². The summed E-state index contributed by atoms with van der Waals surface area (Å²) in [5.41, 5.74) is 0.524. The summed E-state index contributed by atoms with van der Waals surface area (Å²) in [6, 6.07) is 4.00. The standard InChI is InChI=1S/C15H18FNO4/c1-21-13-6-5-9(7-11(13)16)8-14(18)17-12-4-2-3-10(12)15(19)20/h5-7,10,12H,2-4,8H2,1H3,(H,17,18)(H,19,20). The van der Waals surface area contributed by atoms with Crippen LogP contribution in [-0.4, -0.2) is 30.1 Å². The highest BCUT2D eigenvalue weighted by Crippen LogP contribution is 2.26. The maximum Gasteiger partial charge on any atom is 0.308 e. The van der Waals surface area contributed by atoms with E-state index in [9.17, 15) is 14.0 Å². The third-order valence-electron chi connectivity index (χ3n) is 3.76. The van der Waals surface area contributed by atoms with Gasteiger partial charge in [0.1, 0.15) is 0 Å². The molecule has 5 nitrogen and oxygen atoms in total. The first kappa shape index (κ1) is 15.3. The van der Waals surface area contributed by atoms with Crippen LogP contribution in [-0.2, 0) is 16.0 Å². The molecule has 1 aliphatic carbocycles. The van der Waals surface area contributed by atoms with Gasteiger partial charge in [0, 0.05) is 6.04 Å². The number of benzene rings is 1. The lowest BCUT2D eigenvalue weighted by atomic mass is 10.0. The van der Waals surface area contributed by atoms with Gasteiger partial charge in [0.05, 0.1) is 19.4 Å². The molecule has 21 heavy (non-hydrogen) atoms. The van der Waals surface area contributed by atoms with Crippen molar-refractivity contribution in [3.63, 3.8) is 0 Å². The third-order valence-corrected chi connectivity index (χ3v) is 3.76. The number of carbonyl (C=O) groups is 2. The predicted molar refractivity (Wildman–Crippen MR) is 73.6 cm³/mol. The van der Waals surface area contributed by atoms with Gasteiger partial charge in [0.15, 0.2) is 11.6 Å². The van der Waals surface area contributed by atoms with Crippen molar-refractivity contribution < 1.29 is 23.8 Å². The Morgan fingerprint density at radius 3 is 2.81 bits per heavy atom. The van der Waals surface area contributed by atoms with Crippen LogP contribution < -0.4 is 10.1 Å². The molecule has 2 unspecified atom stereocenters.